The Morgan fingerprint density at radius 1 is 1.07 bits per heavy atom. The van der Waals surface area contributed by atoms with Crippen molar-refractivity contribution < 1.29 is 14.4 Å². The van der Waals surface area contributed by atoms with Crippen LogP contribution in [0.2, 0.25) is 0 Å². The average molecular weight is 380 g/mol. The molecule has 0 unspecified atom stereocenters. The van der Waals surface area contributed by atoms with E-state index in [0.717, 1.165) is 10.6 Å². The molecule has 1 aliphatic rings. The minimum atomic E-state index is -1.17. The number of carbonyl (C=O) groups excluding carboxylic acids is 3. The standard InChI is InChI=1S/C21H24N4O3/c1-3-21(17-12-8-5-9-13-17)19(27)25(20(28)22-21)23-18(26)15-24(2)14-16-10-6-4-7-11-16/h4-13H,3,14-15H2,1-2H3,(H,22,28)(H,23,26)/t21-/m1/s1. The minimum absolute atomic E-state index is 0.0520. The Labute approximate surface area is 164 Å². The molecule has 7 heteroatoms. The molecule has 1 saturated heterocycles. The first-order chi connectivity index (χ1) is 13.5. The van der Waals surface area contributed by atoms with Gasteiger partial charge >= 0.3 is 6.03 Å². The van der Waals surface area contributed by atoms with Gasteiger partial charge in [0.2, 0.25) is 0 Å². The highest BCUT2D eigenvalue weighted by Gasteiger charge is 2.52. The molecular formula is C21H24N4O3. The number of urea groups is 1. The van der Waals surface area contributed by atoms with E-state index in [2.05, 4.69) is 10.7 Å². The number of hydrogen-bond acceptors (Lipinski definition) is 4. The maximum absolute atomic E-state index is 13.0. The van der Waals surface area contributed by atoms with Crippen LogP contribution in [0.1, 0.15) is 24.5 Å². The first-order valence-electron chi connectivity index (χ1n) is 9.20. The van der Waals surface area contributed by atoms with Gasteiger partial charge in [-0.25, -0.2) is 4.79 Å². The number of imide groups is 1. The van der Waals surface area contributed by atoms with Gasteiger partial charge in [0, 0.05) is 6.54 Å². The van der Waals surface area contributed by atoms with Gasteiger partial charge in [-0.05, 0) is 24.6 Å². The Kier molecular flexibility index (Phi) is 5.75. The Morgan fingerprint density at radius 2 is 1.68 bits per heavy atom. The summed E-state index contributed by atoms with van der Waals surface area (Å²) in [5.41, 5.74) is 3.04. The Bertz CT molecular complexity index is 856. The third kappa shape index (κ3) is 3.89. The van der Waals surface area contributed by atoms with E-state index in [1.54, 1.807) is 19.2 Å². The Hall–Kier alpha value is -3.19. The third-order valence-corrected chi connectivity index (χ3v) is 4.83. The summed E-state index contributed by atoms with van der Waals surface area (Å²) in [5, 5.41) is 3.53. The fourth-order valence-corrected chi connectivity index (χ4v) is 3.39. The van der Waals surface area contributed by atoms with Crippen LogP contribution in [0.4, 0.5) is 4.79 Å². The van der Waals surface area contributed by atoms with Crippen molar-refractivity contribution in [3.05, 3.63) is 71.8 Å². The number of rotatable bonds is 7. The van der Waals surface area contributed by atoms with E-state index in [1.807, 2.05) is 60.4 Å². The van der Waals surface area contributed by atoms with Crippen LogP contribution in [0.3, 0.4) is 0 Å². The summed E-state index contributed by atoms with van der Waals surface area (Å²) in [7, 11) is 1.80. The molecule has 2 aromatic carbocycles. The zero-order valence-corrected chi connectivity index (χ0v) is 16.0. The fourth-order valence-electron chi connectivity index (χ4n) is 3.39. The lowest BCUT2D eigenvalue weighted by atomic mass is 9.87. The van der Waals surface area contributed by atoms with Gasteiger partial charge in [-0.3, -0.25) is 19.9 Å². The lowest BCUT2D eigenvalue weighted by Crippen LogP contribution is -2.50. The molecule has 28 heavy (non-hydrogen) atoms. The smallest absolute Gasteiger partial charge is 0.318 e. The first-order valence-corrected chi connectivity index (χ1v) is 9.20. The summed E-state index contributed by atoms with van der Waals surface area (Å²) in [4.78, 5) is 39.6. The van der Waals surface area contributed by atoms with Crippen LogP contribution in [0.25, 0.3) is 0 Å². The Morgan fingerprint density at radius 3 is 2.29 bits per heavy atom. The van der Waals surface area contributed by atoms with E-state index in [-0.39, 0.29) is 6.54 Å². The van der Waals surface area contributed by atoms with Gasteiger partial charge in [-0.2, -0.15) is 5.01 Å². The Balaban J connectivity index is 1.66. The second-order valence-electron chi connectivity index (χ2n) is 6.89. The highest BCUT2D eigenvalue weighted by Crippen LogP contribution is 2.31. The van der Waals surface area contributed by atoms with Crippen molar-refractivity contribution >= 4 is 17.8 Å². The number of carbonyl (C=O) groups is 3. The van der Waals surface area contributed by atoms with E-state index in [4.69, 9.17) is 0 Å². The van der Waals surface area contributed by atoms with Crippen LogP contribution in [0, 0.1) is 0 Å². The molecule has 2 N–H and O–H groups in total. The van der Waals surface area contributed by atoms with Crippen LogP contribution in [0.15, 0.2) is 60.7 Å². The molecular weight excluding hydrogens is 356 g/mol. The van der Waals surface area contributed by atoms with Crippen LogP contribution < -0.4 is 10.7 Å². The molecule has 0 saturated carbocycles. The molecule has 2 aromatic rings. The van der Waals surface area contributed by atoms with Crippen molar-refractivity contribution in [1.82, 2.24) is 20.7 Å². The minimum Gasteiger partial charge on any atom is -0.318 e. The van der Waals surface area contributed by atoms with Crippen LogP contribution in [-0.2, 0) is 21.7 Å². The summed E-state index contributed by atoms with van der Waals surface area (Å²) < 4.78 is 0. The van der Waals surface area contributed by atoms with Crippen LogP contribution >= 0.6 is 0 Å². The van der Waals surface area contributed by atoms with Crippen molar-refractivity contribution in [2.75, 3.05) is 13.6 Å². The number of amides is 4. The molecule has 0 aromatic heterocycles. The monoisotopic (exact) mass is 380 g/mol. The summed E-state index contributed by atoms with van der Waals surface area (Å²) in [6.45, 7) is 2.46. The molecule has 1 heterocycles. The van der Waals surface area contributed by atoms with Crippen molar-refractivity contribution in [3.63, 3.8) is 0 Å². The van der Waals surface area contributed by atoms with E-state index in [0.29, 0.717) is 18.5 Å². The average Bonchev–Trinajstić information content (AvgIpc) is 2.94. The summed E-state index contributed by atoms with van der Waals surface area (Å²) >= 11 is 0. The quantitative estimate of drug-likeness (QED) is 0.720. The maximum atomic E-state index is 13.0. The number of nitrogens with zero attached hydrogens (tertiary/aromatic N) is 2. The second kappa shape index (κ2) is 8.22. The lowest BCUT2D eigenvalue weighted by molar-refractivity contribution is -0.139. The number of hydrazine groups is 1. The van der Waals surface area contributed by atoms with Crippen molar-refractivity contribution in [2.45, 2.75) is 25.4 Å². The van der Waals surface area contributed by atoms with E-state index in [9.17, 15) is 14.4 Å². The predicted octanol–water partition coefficient (Wildman–Crippen LogP) is 2.01. The fraction of sp³-hybridized carbons (Fsp3) is 0.286. The zero-order chi connectivity index (χ0) is 20.1. The number of hydrogen-bond donors (Lipinski definition) is 2. The molecule has 0 aliphatic carbocycles. The molecule has 3 rings (SSSR count). The third-order valence-electron chi connectivity index (χ3n) is 4.83. The number of benzene rings is 2. The molecule has 1 atom stereocenters. The second-order valence-corrected chi connectivity index (χ2v) is 6.89. The molecule has 0 spiro atoms. The van der Waals surface area contributed by atoms with Crippen LogP contribution in [-0.4, -0.2) is 41.3 Å². The summed E-state index contributed by atoms with van der Waals surface area (Å²) in [6, 6.07) is 18.2. The molecule has 0 radical (unpaired) electrons. The van der Waals surface area contributed by atoms with Gasteiger partial charge in [0.05, 0.1) is 6.54 Å². The molecule has 4 amide bonds. The highest BCUT2D eigenvalue weighted by atomic mass is 16.2. The van der Waals surface area contributed by atoms with Crippen molar-refractivity contribution in [1.29, 1.82) is 0 Å². The molecule has 0 bridgehead atoms. The topological polar surface area (TPSA) is 81.8 Å². The molecule has 1 fully saturated rings. The molecule has 1 aliphatic heterocycles. The van der Waals surface area contributed by atoms with E-state index in [1.165, 1.54) is 0 Å². The SMILES string of the molecule is CC[C@]1(c2ccccc2)NC(=O)N(NC(=O)CN(C)Cc2ccccc2)C1=O. The van der Waals surface area contributed by atoms with Gasteiger partial charge in [0.1, 0.15) is 5.54 Å². The summed E-state index contributed by atoms with van der Waals surface area (Å²) in [6.07, 6.45) is 0.377. The van der Waals surface area contributed by atoms with E-state index >= 15 is 0 Å². The lowest BCUT2D eigenvalue weighted by Gasteiger charge is -2.25. The number of nitrogens with one attached hydrogen (secondary N) is 2. The first kappa shape index (κ1) is 19.6. The van der Waals surface area contributed by atoms with Gasteiger partial charge in [-0.1, -0.05) is 67.6 Å². The number of likely N-dealkylation sites (N-methyl/N-ethyl adjacent to an activating group) is 1. The van der Waals surface area contributed by atoms with Gasteiger partial charge in [0.15, 0.2) is 0 Å². The molecule has 7 nitrogen and oxygen atoms in total. The van der Waals surface area contributed by atoms with Crippen LogP contribution in [0.5, 0.6) is 0 Å². The van der Waals surface area contributed by atoms with Gasteiger partial charge < -0.3 is 5.32 Å². The normalized spacial score (nSPS) is 19.0. The molecule has 146 valence electrons. The van der Waals surface area contributed by atoms with Crippen molar-refractivity contribution in [3.8, 4) is 0 Å². The van der Waals surface area contributed by atoms with Gasteiger partial charge in [-0.15, -0.1) is 0 Å². The summed E-state index contributed by atoms with van der Waals surface area (Å²) in [5.74, 6) is -0.910. The largest absolute Gasteiger partial charge is 0.344 e. The van der Waals surface area contributed by atoms with Crippen molar-refractivity contribution in [2.24, 2.45) is 0 Å². The maximum Gasteiger partial charge on any atom is 0.344 e. The zero-order valence-electron chi connectivity index (χ0n) is 16.0. The highest BCUT2D eigenvalue weighted by molar-refractivity contribution is 6.08. The predicted molar refractivity (Wildman–Crippen MR) is 105 cm³/mol. The van der Waals surface area contributed by atoms with Gasteiger partial charge in [0.25, 0.3) is 11.8 Å². The van der Waals surface area contributed by atoms with E-state index < -0.39 is 23.4 Å².